The van der Waals surface area contributed by atoms with Crippen molar-refractivity contribution in [2.24, 2.45) is 0 Å². The van der Waals surface area contributed by atoms with Crippen molar-refractivity contribution in [1.29, 1.82) is 5.41 Å². The standard InChI is InChI=1S/C21H18BrN3OS/c1-13(14-5-3-2-4-6-14)25-11-18(26)19(20(25)23)21-24-17(12-27-21)15-7-9-16(22)10-8-15/h2-10,12-13,23,26H,11H2,1H3/t13-/m0/s1. The average molecular weight is 440 g/mol. The van der Waals surface area contributed by atoms with E-state index >= 15 is 0 Å². The van der Waals surface area contributed by atoms with Gasteiger partial charge in [-0.05, 0) is 24.6 Å². The molecule has 3 aromatic rings. The van der Waals surface area contributed by atoms with Crippen molar-refractivity contribution in [2.75, 3.05) is 6.54 Å². The van der Waals surface area contributed by atoms with E-state index < -0.39 is 0 Å². The Morgan fingerprint density at radius 1 is 1.15 bits per heavy atom. The van der Waals surface area contributed by atoms with E-state index in [-0.39, 0.29) is 11.8 Å². The number of thiazole rings is 1. The van der Waals surface area contributed by atoms with E-state index in [4.69, 9.17) is 5.41 Å². The zero-order chi connectivity index (χ0) is 19.0. The Morgan fingerprint density at radius 2 is 1.85 bits per heavy atom. The molecule has 0 saturated carbocycles. The van der Waals surface area contributed by atoms with Crippen LogP contribution in [0.4, 0.5) is 0 Å². The lowest BCUT2D eigenvalue weighted by Gasteiger charge is -2.26. The summed E-state index contributed by atoms with van der Waals surface area (Å²) in [6, 6.07) is 18.0. The summed E-state index contributed by atoms with van der Waals surface area (Å²) < 4.78 is 1.02. The van der Waals surface area contributed by atoms with Crippen molar-refractivity contribution in [3.05, 3.63) is 80.8 Å². The molecule has 4 rings (SSSR count). The summed E-state index contributed by atoms with van der Waals surface area (Å²) in [5.41, 5.74) is 3.52. The molecule has 0 unspecified atom stereocenters. The molecule has 1 aromatic heterocycles. The van der Waals surface area contributed by atoms with Crippen LogP contribution in [0, 0.1) is 5.41 Å². The fraction of sp³-hybridized carbons (Fsp3) is 0.143. The van der Waals surface area contributed by atoms with E-state index in [9.17, 15) is 5.11 Å². The maximum absolute atomic E-state index is 10.6. The Balaban J connectivity index is 1.60. The van der Waals surface area contributed by atoms with Gasteiger partial charge < -0.3 is 10.0 Å². The van der Waals surface area contributed by atoms with E-state index in [1.807, 2.05) is 64.9 Å². The van der Waals surface area contributed by atoms with Crippen molar-refractivity contribution in [3.63, 3.8) is 0 Å². The molecule has 0 spiro atoms. The zero-order valence-electron chi connectivity index (χ0n) is 14.7. The maximum Gasteiger partial charge on any atom is 0.135 e. The van der Waals surface area contributed by atoms with Gasteiger partial charge in [-0.15, -0.1) is 11.3 Å². The van der Waals surface area contributed by atoms with E-state index in [1.165, 1.54) is 11.3 Å². The molecule has 0 bridgehead atoms. The number of benzene rings is 2. The summed E-state index contributed by atoms with van der Waals surface area (Å²) in [6.45, 7) is 2.38. The first-order valence-electron chi connectivity index (χ1n) is 8.59. The van der Waals surface area contributed by atoms with Gasteiger partial charge in [-0.1, -0.05) is 58.4 Å². The molecule has 1 aliphatic heterocycles. The number of aliphatic hydroxyl groups is 1. The van der Waals surface area contributed by atoms with Crippen molar-refractivity contribution < 1.29 is 5.11 Å². The van der Waals surface area contributed by atoms with Crippen LogP contribution in [0.3, 0.4) is 0 Å². The minimum atomic E-state index is 0.00394. The molecule has 136 valence electrons. The quantitative estimate of drug-likeness (QED) is 0.532. The predicted octanol–water partition coefficient (Wildman–Crippen LogP) is 5.90. The SMILES string of the molecule is C[C@@H](c1ccccc1)N1CC(O)=C(c2nc(-c3ccc(Br)cc3)cs2)C1=N. The lowest BCUT2D eigenvalue weighted by molar-refractivity contribution is 0.310. The van der Waals surface area contributed by atoms with Crippen LogP contribution >= 0.6 is 27.3 Å². The molecule has 0 saturated heterocycles. The first-order valence-corrected chi connectivity index (χ1v) is 10.3. The fourth-order valence-electron chi connectivity index (χ4n) is 3.21. The van der Waals surface area contributed by atoms with E-state index in [1.54, 1.807) is 0 Å². The van der Waals surface area contributed by atoms with E-state index in [2.05, 4.69) is 27.8 Å². The average Bonchev–Trinajstić information content (AvgIpc) is 3.27. The summed E-state index contributed by atoms with van der Waals surface area (Å²) in [6.07, 6.45) is 0. The van der Waals surface area contributed by atoms with Crippen LogP contribution in [0.1, 0.15) is 23.5 Å². The van der Waals surface area contributed by atoms with Crippen LogP contribution < -0.4 is 0 Å². The lowest BCUT2D eigenvalue weighted by Crippen LogP contribution is -2.29. The van der Waals surface area contributed by atoms with Gasteiger partial charge in [-0.3, -0.25) is 5.41 Å². The predicted molar refractivity (Wildman–Crippen MR) is 114 cm³/mol. The van der Waals surface area contributed by atoms with Gasteiger partial charge in [-0.2, -0.15) is 0 Å². The first-order chi connectivity index (χ1) is 13.0. The normalized spacial score (nSPS) is 15.5. The number of amidine groups is 1. The summed E-state index contributed by atoms with van der Waals surface area (Å²) in [5, 5.41) is 21.8. The van der Waals surface area contributed by atoms with Crippen LogP contribution in [-0.4, -0.2) is 27.4 Å². The third kappa shape index (κ3) is 3.42. The Morgan fingerprint density at radius 3 is 2.56 bits per heavy atom. The third-order valence-electron chi connectivity index (χ3n) is 4.74. The second kappa shape index (κ2) is 7.29. The molecular weight excluding hydrogens is 422 g/mol. The number of hydrogen-bond donors (Lipinski definition) is 2. The topological polar surface area (TPSA) is 60.2 Å². The number of nitrogens with zero attached hydrogens (tertiary/aromatic N) is 2. The molecule has 6 heteroatoms. The van der Waals surface area contributed by atoms with Gasteiger partial charge in [0, 0.05) is 15.4 Å². The summed E-state index contributed by atoms with van der Waals surface area (Å²) in [5.74, 6) is 0.528. The molecule has 2 aromatic carbocycles. The third-order valence-corrected chi connectivity index (χ3v) is 6.13. The highest BCUT2D eigenvalue weighted by Crippen LogP contribution is 2.35. The summed E-state index contributed by atoms with van der Waals surface area (Å²) >= 11 is 4.89. The number of rotatable bonds is 4. The van der Waals surface area contributed by atoms with Gasteiger partial charge in [0.1, 0.15) is 16.6 Å². The van der Waals surface area contributed by atoms with Gasteiger partial charge >= 0.3 is 0 Å². The van der Waals surface area contributed by atoms with Gasteiger partial charge in [0.15, 0.2) is 0 Å². The Hall–Kier alpha value is -2.44. The van der Waals surface area contributed by atoms with Gasteiger partial charge in [-0.25, -0.2) is 4.98 Å². The molecular formula is C21H18BrN3OS. The van der Waals surface area contributed by atoms with Crippen molar-refractivity contribution in [1.82, 2.24) is 9.88 Å². The van der Waals surface area contributed by atoms with Crippen molar-refractivity contribution in [3.8, 4) is 11.3 Å². The van der Waals surface area contributed by atoms with Gasteiger partial charge in [0.2, 0.25) is 0 Å². The molecule has 27 heavy (non-hydrogen) atoms. The Bertz CT molecular complexity index is 1010. The van der Waals surface area contributed by atoms with Gasteiger partial charge in [0.05, 0.1) is 23.9 Å². The van der Waals surface area contributed by atoms with Gasteiger partial charge in [0.25, 0.3) is 0 Å². The second-order valence-corrected chi connectivity index (χ2v) is 8.20. The van der Waals surface area contributed by atoms with Crippen molar-refractivity contribution >= 4 is 38.7 Å². The highest BCUT2D eigenvalue weighted by atomic mass is 79.9. The largest absolute Gasteiger partial charge is 0.510 e. The molecule has 0 fully saturated rings. The van der Waals surface area contributed by atoms with Crippen molar-refractivity contribution in [2.45, 2.75) is 13.0 Å². The highest BCUT2D eigenvalue weighted by molar-refractivity contribution is 9.10. The lowest BCUT2D eigenvalue weighted by atomic mass is 10.1. The molecule has 0 radical (unpaired) electrons. The number of aromatic nitrogens is 1. The molecule has 2 heterocycles. The van der Waals surface area contributed by atoms with Crippen LogP contribution in [-0.2, 0) is 0 Å². The summed E-state index contributed by atoms with van der Waals surface area (Å²) in [7, 11) is 0. The number of nitrogens with one attached hydrogen (secondary N) is 1. The molecule has 2 N–H and O–H groups in total. The monoisotopic (exact) mass is 439 g/mol. The molecule has 0 aliphatic carbocycles. The molecule has 1 atom stereocenters. The Kier molecular flexibility index (Phi) is 4.85. The zero-order valence-corrected chi connectivity index (χ0v) is 17.1. The summed E-state index contributed by atoms with van der Waals surface area (Å²) in [4.78, 5) is 6.58. The molecule has 1 aliphatic rings. The molecule has 4 nitrogen and oxygen atoms in total. The van der Waals surface area contributed by atoms with Crippen LogP contribution in [0.15, 0.2) is 70.2 Å². The number of aliphatic hydroxyl groups excluding tert-OH is 1. The van der Waals surface area contributed by atoms with Crippen LogP contribution in [0.5, 0.6) is 0 Å². The van der Waals surface area contributed by atoms with E-state index in [0.717, 1.165) is 21.3 Å². The fourth-order valence-corrected chi connectivity index (χ4v) is 4.37. The smallest absolute Gasteiger partial charge is 0.135 e. The maximum atomic E-state index is 10.6. The Labute approximate surface area is 170 Å². The second-order valence-electron chi connectivity index (χ2n) is 6.43. The van der Waals surface area contributed by atoms with Crippen LogP contribution in [0.2, 0.25) is 0 Å². The van der Waals surface area contributed by atoms with E-state index in [0.29, 0.717) is 23.0 Å². The number of halogens is 1. The number of hydrogen-bond acceptors (Lipinski definition) is 4. The minimum Gasteiger partial charge on any atom is -0.510 e. The molecule has 0 amide bonds. The first kappa shape index (κ1) is 17.9. The van der Waals surface area contributed by atoms with Crippen LogP contribution in [0.25, 0.3) is 16.8 Å². The highest BCUT2D eigenvalue weighted by Gasteiger charge is 2.33. The minimum absolute atomic E-state index is 0.00394.